The molecule has 0 saturated carbocycles. The maximum atomic E-state index is 12.3. The minimum atomic E-state index is -0.490. The van der Waals surface area contributed by atoms with E-state index >= 15 is 0 Å². The van der Waals surface area contributed by atoms with Crippen LogP contribution in [0, 0.1) is 0 Å². The quantitative estimate of drug-likeness (QED) is 0.672. The average Bonchev–Trinajstić information content (AvgIpc) is 3.14. The van der Waals surface area contributed by atoms with Gasteiger partial charge in [-0.3, -0.25) is 4.79 Å². The van der Waals surface area contributed by atoms with Crippen molar-refractivity contribution in [2.75, 3.05) is 23.7 Å². The van der Waals surface area contributed by atoms with Crippen molar-refractivity contribution in [2.45, 2.75) is 45.3 Å². The van der Waals surface area contributed by atoms with Gasteiger partial charge >= 0.3 is 6.09 Å². The van der Waals surface area contributed by atoms with Crippen molar-refractivity contribution in [3.8, 4) is 0 Å². The van der Waals surface area contributed by atoms with E-state index in [0.29, 0.717) is 13.1 Å². The summed E-state index contributed by atoms with van der Waals surface area (Å²) in [6, 6.07) is 5.34. The molecule has 0 radical (unpaired) electrons. The zero-order valence-electron chi connectivity index (χ0n) is 17.5. The summed E-state index contributed by atoms with van der Waals surface area (Å²) in [5.74, 6) is 0.866. The van der Waals surface area contributed by atoms with Gasteiger partial charge in [-0.05, 0) is 44.9 Å². The maximum absolute atomic E-state index is 12.3. The number of hydrogen-bond acceptors (Lipinski definition) is 6. The Morgan fingerprint density at radius 1 is 1.30 bits per heavy atom. The fraction of sp³-hybridized carbons (Fsp3) is 0.409. The van der Waals surface area contributed by atoms with E-state index in [1.807, 2.05) is 26.8 Å². The molecule has 30 heavy (non-hydrogen) atoms. The van der Waals surface area contributed by atoms with Crippen molar-refractivity contribution in [3.63, 3.8) is 0 Å². The molecule has 3 N–H and O–H groups in total. The van der Waals surface area contributed by atoms with Crippen LogP contribution >= 0.6 is 0 Å². The number of ether oxygens (including phenoxy) is 1. The number of nitrogens with one attached hydrogen (secondary N) is 3. The second kappa shape index (κ2) is 7.85. The highest BCUT2D eigenvalue weighted by Crippen LogP contribution is 2.35. The molecule has 1 amide bonds. The summed E-state index contributed by atoms with van der Waals surface area (Å²) in [5.41, 5.74) is 3.56. The first-order valence-electron chi connectivity index (χ1n) is 10.2. The minimum absolute atomic E-state index is 0.133. The molecule has 2 aliphatic heterocycles. The predicted octanol–water partition coefficient (Wildman–Crippen LogP) is 3.42. The van der Waals surface area contributed by atoms with Crippen LogP contribution < -0.4 is 16.2 Å². The molecule has 4 heterocycles. The van der Waals surface area contributed by atoms with E-state index in [-0.39, 0.29) is 17.7 Å². The van der Waals surface area contributed by atoms with Gasteiger partial charge in [0.1, 0.15) is 11.4 Å². The topological polar surface area (TPSA) is 99.4 Å². The van der Waals surface area contributed by atoms with Gasteiger partial charge in [0, 0.05) is 49.2 Å². The van der Waals surface area contributed by atoms with Gasteiger partial charge < -0.3 is 25.3 Å². The largest absolute Gasteiger partial charge is 0.444 e. The van der Waals surface area contributed by atoms with E-state index in [1.54, 1.807) is 23.4 Å². The van der Waals surface area contributed by atoms with Gasteiger partial charge in [-0.2, -0.15) is 0 Å². The predicted molar refractivity (Wildman–Crippen MR) is 116 cm³/mol. The van der Waals surface area contributed by atoms with Gasteiger partial charge in [-0.1, -0.05) is 6.08 Å². The number of H-pyrrole nitrogens is 1. The maximum Gasteiger partial charge on any atom is 0.410 e. The zero-order chi connectivity index (χ0) is 21.3. The fourth-order valence-electron chi connectivity index (χ4n) is 3.72. The van der Waals surface area contributed by atoms with Gasteiger partial charge in [0.2, 0.25) is 5.56 Å². The third-order valence-electron chi connectivity index (χ3n) is 5.18. The Kier molecular flexibility index (Phi) is 5.24. The van der Waals surface area contributed by atoms with E-state index in [1.165, 1.54) is 11.6 Å². The lowest BCUT2D eigenvalue weighted by molar-refractivity contribution is 0.0265. The molecule has 2 aromatic heterocycles. The molecule has 1 atom stereocenters. The first-order chi connectivity index (χ1) is 14.3. The van der Waals surface area contributed by atoms with Crippen LogP contribution in [0.15, 0.2) is 47.0 Å². The number of carbonyl (C=O) groups excluding carboxylic acids is 1. The molecule has 1 unspecified atom stereocenters. The molecule has 0 saturated heterocycles. The Morgan fingerprint density at radius 3 is 2.80 bits per heavy atom. The van der Waals surface area contributed by atoms with Crippen LogP contribution in [-0.4, -0.2) is 45.7 Å². The minimum Gasteiger partial charge on any atom is -0.444 e. The normalized spacial score (nSPS) is 18.3. The van der Waals surface area contributed by atoms with Crippen molar-refractivity contribution >= 4 is 23.3 Å². The number of anilines is 3. The molecule has 0 bridgehead atoms. The number of rotatable bonds is 3. The van der Waals surface area contributed by atoms with E-state index < -0.39 is 5.60 Å². The number of aromatic amines is 1. The SMILES string of the molecule is CC(C)(C)OC(=O)N1CC=C(C2Cc3c(Nc4ccc(=O)[nH]c4)ccnc3N2)CC1. The van der Waals surface area contributed by atoms with Crippen LogP contribution in [0.4, 0.5) is 22.0 Å². The standard InChI is InChI=1S/C22H27N5O3/c1-22(2,3)30-21(29)27-10-7-14(8-11-27)18-12-16-17(6-9-23-20(16)26-18)25-15-4-5-19(28)24-13-15/h4-7,9,13,18H,8,10-12H2,1-3H3,(H,24,28)(H2,23,25,26). The van der Waals surface area contributed by atoms with Crippen LogP contribution in [-0.2, 0) is 11.2 Å². The van der Waals surface area contributed by atoms with Crippen molar-refractivity contribution in [3.05, 3.63) is 58.2 Å². The molecule has 2 aliphatic rings. The molecule has 0 aromatic carbocycles. The summed E-state index contributed by atoms with van der Waals surface area (Å²) in [6.45, 7) is 6.82. The van der Waals surface area contributed by atoms with Crippen LogP contribution in [0.5, 0.6) is 0 Å². The summed E-state index contributed by atoms with van der Waals surface area (Å²) in [4.78, 5) is 32.4. The summed E-state index contributed by atoms with van der Waals surface area (Å²) in [7, 11) is 0. The summed E-state index contributed by atoms with van der Waals surface area (Å²) in [5, 5.41) is 6.87. The molecule has 0 fully saturated rings. The lowest BCUT2D eigenvalue weighted by atomic mass is 9.97. The lowest BCUT2D eigenvalue weighted by Crippen LogP contribution is -2.40. The number of aromatic nitrogens is 2. The third-order valence-corrected chi connectivity index (χ3v) is 5.18. The highest BCUT2D eigenvalue weighted by molar-refractivity contribution is 5.71. The molecule has 8 heteroatoms. The van der Waals surface area contributed by atoms with E-state index in [4.69, 9.17) is 4.74 Å². The van der Waals surface area contributed by atoms with Crippen molar-refractivity contribution in [1.29, 1.82) is 0 Å². The molecule has 0 spiro atoms. The van der Waals surface area contributed by atoms with Crippen LogP contribution in [0.25, 0.3) is 0 Å². The second-order valence-electron chi connectivity index (χ2n) is 8.61. The van der Waals surface area contributed by atoms with E-state index in [0.717, 1.165) is 35.6 Å². The van der Waals surface area contributed by atoms with E-state index in [9.17, 15) is 9.59 Å². The Bertz CT molecular complexity index is 1020. The number of hydrogen-bond donors (Lipinski definition) is 3. The Hall–Kier alpha value is -3.29. The smallest absolute Gasteiger partial charge is 0.410 e. The van der Waals surface area contributed by atoms with Gasteiger partial charge in [0.25, 0.3) is 0 Å². The lowest BCUT2D eigenvalue weighted by Gasteiger charge is -2.31. The monoisotopic (exact) mass is 409 g/mol. The molecule has 2 aromatic rings. The number of nitrogens with zero attached hydrogens (tertiary/aromatic N) is 2. The van der Waals surface area contributed by atoms with Crippen LogP contribution in [0.2, 0.25) is 0 Å². The van der Waals surface area contributed by atoms with Crippen molar-refractivity contribution in [2.24, 2.45) is 0 Å². The molecular weight excluding hydrogens is 382 g/mol. The molecule has 158 valence electrons. The van der Waals surface area contributed by atoms with Crippen LogP contribution in [0.3, 0.4) is 0 Å². The van der Waals surface area contributed by atoms with Gasteiger partial charge in [0.15, 0.2) is 0 Å². The molecular formula is C22H27N5O3. The summed E-state index contributed by atoms with van der Waals surface area (Å²) >= 11 is 0. The number of amides is 1. The highest BCUT2D eigenvalue weighted by Gasteiger charge is 2.30. The Labute approximate surface area is 175 Å². The molecule has 0 aliphatic carbocycles. The van der Waals surface area contributed by atoms with Crippen LogP contribution in [0.1, 0.15) is 32.8 Å². The van der Waals surface area contributed by atoms with Gasteiger partial charge in [-0.25, -0.2) is 9.78 Å². The number of fused-ring (bicyclic) bond motifs is 1. The van der Waals surface area contributed by atoms with Gasteiger partial charge in [0.05, 0.1) is 11.7 Å². The first-order valence-corrected chi connectivity index (χ1v) is 10.2. The molecule has 8 nitrogen and oxygen atoms in total. The molecule has 4 rings (SSSR count). The zero-order valence-corrected chi connectivity index (χ0v) is 17.5. The second-order valence-corrected chi connectivity index (χ2v) is 8.61. The summed E-state index contributed by atoms with van der Waals surface area (Å²) < 4.78 is 5.47. The Morgan fingerprint density at radius 2 is 2.13 bits per heavy atom. The summed E-state index contributed by atoms with van der Waals surface area (Å²) in [6.07, 6.45) is 6.88. The van der Waals surface area contributed by atoms with E-state index in [2.05, 4.69) is 26.7 Å². The van der Waals surface area contributed by atoms with Crippen molar-refractivity contribution < 1.29 is 9.53 Å². The first kappa shape index (κ1) is 20.0. The fourth-order valence-corrected chi connectivity index (χ4v) is 3.72. The third kappa shape index (κ3) is 4.48. The Balaban J connectivity index is 1.43. The van der Waals surface area contributed by atoms with Gasteiger partial charge in [-0.15, -0.1) is 0 Å². The number of carbonyl (C=O) groups is 1. The van der Waals surface area contributed by atoms with Crippen molar-refractivity contribution in [1.82, 2.24) is 14.9 Å². The average molecular weight is 409 g/mol. The number of pyridine rings is 2. The highest BCUT2D eigenvalue weighted by atomic mass is 16.6.